The first-order chi connectivity index (χ1) is 11.8. The zero-order valence-corrected chi connectivity index (χ0v) is 14.1. The number of amides is 1. The van der Waals surface area contributed by atoms with Crippen molar-refractivity contribution in [3.05, 3.63) is 34.9 Å². The van der Waals surface area contributed by atoms with Crippen LogP contribution in [0.3, 0.4) is 0 Å². The van der Waals surface area contributed by atoms with Crippen molar-refractivity contribution in [1.82, 2.24) is 20.2 Å². The Bertz CT molecular complexity index is 645. The molecule has 7 nitrogen and oxygen atoms in total. The molecule has 0 bridgehead atoms. The van der Waals surface area contributed by atoms with Crippen LogP contribution in [-0.4, -0.2) is 60.4 Å². The third-order valence-corrected chi connectivity index (χ3v) is 4.40. The van der Waals surface area contributed by atoms with E-state index in [1.807, 2.05) is 16.8 Å². The zero-order chi connectivity index (χ0) is 16.6. The number of thiophene rings is 1. The van der Waals surface area contributed by atoms with E-state index in [4.69, 9.17) is 9.47 Å². The fourth-order valence-corrected chi connectivity index (χ4v) is 3.08. The highest BCUT2D eigenvalue weighted by Gasteiger charge is 2.12. The number of ether oxygens (including phenoxy) is 2. The van der Waals surface area contributed by atoms with Gasteiger partial charge in [-0.2, -0.15) is 11.3 Å². The standard InChI is InChI=1S/C16H20N4O3S/c21-16(23-9-6-20-4-7-22-8-5-20)19-11-14-15(18-3-2-17-14)13-1-10-24-12-13/h1-3,10,12H,4-9,11H2,(H,19,21). The first kappa shape index (κ1) is 16.8. The van der Waals surface area contributed by atoms with Gasteiger partial charge in [-0.15, -0.1) is 0 Å². The second kappa shape index (κ2) is 8.72. The molecule has 8 heteroatoms. The molecule has 3 rings (SSSR count). The molecular weight excluding hydrogens is 328 g/mol. The third kappa shape index (κ3) is 4.73. The van der Waals surface area contributed by atoms with Gasteiger partial charge in [0.05, 0.1) is 31.1 Å². The van der Waals surface area contributed by atoms with Crippen molar-refractivity contribution in [2.24, 2.45) is 0 Å². The van der Waals surface area contributed by atoms with Gasteiger partial charge in [-0.1, -0.05) is 0 Å². The molecule has 128 valence electrons. The van der Waals surface area contributed by atoms with Crippen LogP contribution in [0.5, 0.6) is 0 Å². The van der Waals surface area contributed by atoms with Gasteiger partial charge in [-0.05, 0) is 11.4 Å². The van der Waals surface area contributed by atoms with Crippen molar-refractivity contribution >= 4 is 17.4 Å². The number of nitrogens with zero attached hydrogens (tertiary/aromatic N) is 3. The van der Waals surface area contributed by atoms with Crippen LogP contribution < -0.4 is 5.32 Å². The number of rotatable bonds is 6. The largest absolute Gasteiger partial charge is 0.448 e. The predicted octanol–water partition coefficient (Wildman–Crippen LogP) is 1.76. The van der Waals surface area contributed by atoms with Gasteiger partial charge in [0.1, 0.15) is 6.61 Å². The normalized spacial score (nSPS) is 15.2. The zero-order valence-electron chi connectivity index (χ0n) is 13.3. The van der Waals surface area contributed by atoms with Gasteiger partial charge in [-0.3, -0.25) is 14.9 Å². The van der Waals surface area contributed by atoms with E-state index in [1.165, 1.54) is 0 Å². The van der Waals surface area contributed by atoms with Gasteiger partial charge >= 0.3 is 6.09 Å². The smallest absolute Gasteiger partial charge is 0.407 e. The molecule has 1 amide bonds. The maximum absolute atomic E-state index is 11.8. The number of hydrogen-bond acceptors (Lipinski definition) is 7. The van der Waals surface area contributed by atoms with Crippen molar-refractivity contribution in [1.29, 1.82) is 0 Å². The van der Waals surface area contributed by atoms with Gasteiger partial charge < -0.3 is 14.8 Å². The van der Waals surface area contributed by atoms with Crippen LogP contribution in [0.2, 0.25) is 0 Å². The Balaban J connectivity index is 1.45. The Morgan fingerprint density at radius 1 is 1.33 bits per heavy atom. The number of hydrogen-bond donors (Lipinski definition) is 1. The quantitative estimate of drug-likeness (QED) is 0.857. The molecule has 0 unspecified atom stereocenters. The van der Waals surface area contributed by atoms with Crippen molar-refractivity contribution in [3.63, 3.8) is 0 Å². The third-order valence-electron chi connectivity index (χ3n) is 3.71. The lowest BCUT2D eigenvalue weighted by atomic mass is 10.2. The fourth-order valence-electron chi connectivity index (χ4n) is 2.44. The summed E-state index contributed by atoms with van der Waals surface area (Å²) in [6.45, 7) is 4.62. The Hall–Kier alpha value is -2.03. The molecule has 0 radical (unpaired) electrons. The Morgan fingerprint density at radius 2 is 2.17 bits per heavy atom. The van der Waals surface area contributed by atoms with E-state index < -0.39 is 6.09 Å². The van der Waals surface area contributed by atoms with Crippen LogP contribution in [0.4, 0.5) is 4.79 Å². The average Bonchev–Trinajstić information content (AvgIpc) is 3.16. The Labute approximate surface area is 144 Å². The lowest BCUT2D eigenvalue weighted by Crippen LogP contribution is -2.39. The van der Waals surface area contributed by atoms with E-state index >= 15 is 0 Å². The summed E-state index contributed by atoms with van der Waals surface area (Å²) >= 11 is 1.60. The molecule has 1 fully saturated rings. The van der Waals surface area contributed by atoms with E-state index in [-0.39, 0.29) is 6.54 Å². The van der Waals surface area contributed by atoms with Gasteiger partial charge in [0.15, 0.2) is 0 Å². The molecule has 0 aromatic carbocycles. The molecule has 24 heavy (non-hydrogen) atoms. The van der Waals surface area contributed by atoms with E-state index in [0.717, 1.165) is 49.8 Å². The number of morpholine rings is 1. The molecule has 1 saturated heterocycles. The number of nitrogens with one attached hydrogen (secondary N) is 1. The van der Waals surface area contributed by atoms with E-state index in [9.17, 15) is 4.79 Å². The molecule has 1 N–H and O–H groups in total. The van der Waals surface area contributed by atoms with E-state index in [0.29, 0.717) is 6.61 Å². The minimum absolute atomic E-state index is 0.287. The van der Waals surface area contributed by atoms with Crippen LogP contribution in [0.1, 0.15) is 5.69 Å². The van der Waals surface area contributed by atoms with Crippen molar-refractivity contribution in [2.45, 2.75) is 6.54 Å². The highest BCUT2D eigenvalue weighted by molar-refractivity contribution is 7.08. The maximum atomic E-state index is 11.8. The molecule has 1 aliphatic heterocycles. The second-order valence-electron chi connectivity index (χ2n) is 5.31. The molecule has 0 saturated carbocycles. The summed E-state index contributed by atoms with van der Waals surface area (Å²) in [5, 5.41) is 6.73. The summed E-state index contributed by atoms with van der Waals surface area (Å²) in [6.07, 6.45) is 2.83. The van der Waals surface area contributed by atoms with Crippen molar-refractivity contribution in [2.75, 3.05) is 39.5 Å². The minimum atomic E-state index is -0.440. The van der Waals surface area contributed by atoms with Crippen LogP contribution in [-0.2, 0) is 16.0 Å². The molecular formula is C16H20N4O3S. The number of carbonyl (C=O) groups excluding carboxylic acids is 1. The lowest BCUT2D eigenvalue weighted by molar-refractivity contribution is 0.0281. The van der Waals surface area contributed by atoms with Crippen LogP contribution in [0, 0.1) is 0 Å². The Kier molecular flexibility index (Phi) is 6.11. The fraction of sp³-hybridized carbons (Fsp3) is 0.438. The Morgan fingerprint density at radius 3 is 2.96 bits per heavy atom. The summed E-state index contributed by atoms with van der Waals surface area (Å²) in [5.74, 6) is 0. The topological polar surface area (TPSA) is 76.6 Å². The highest BCUT2D eigenvalue weighted by Crippen LogP contribution is 2.22. The van der Waals surface area contributed by atoms with Gasteiger partial charge in [0.25, 0.3) is 0 Å². The summed E-state index contributed by atoms with van der Waals surface area (Å²) in [6, 6.07) is 1.98. The summed E-state index contributed by atoms with van der Waals surface area (Å²) in [7, 11) is 0. The highest BCUT2D eigenvalue weighted by atomic mass is 32.1. The minimum Gasteiger partial charge on any atom is -0.448 e. The first-order valence-electron chi connectivity index (χ1n) is 7.86. The summed E-state index contributed by atoms with van der Waals surface area (Å²) in [4.78, 5) is 22.7. The first-order valence-corrected chi connectivity index (χ1v) is 8.80. The average molecular weight is 348 g/mol. The van der Waals surface area contributed by atoms with Gasteiger partial charge in [0.2, 0.25) is 0 Å². The summed E-state index contributed by atoms with van der Waals surface area (Å²) < 4.78 is 10.5. The molecule has 0 atom stereocenters. The molecule has 0 spiro atoms. The molecule has 0 aliphatic carbocycles. The van der Waals surface area contributed by atoms with E-state index in [1.54, 1.807) is 23.7 Å². The number of carbonyl (C=O) groups is 1. The monoisotopic (exact) mass is 348 g/mol. The molecule has 2 aromatic heterocycles. The van der Waals surface area contributed by atoms with Crippen molar-refractivity contribution < 1.29 is 14.3 Å². The van der Waals surface area contributed by atoms with Crippen molar-refractivity contribution in [3.8, 4) is 11.3 Å². The van der Waals surface area contributed by atoms with Crippen LogP contribution >= 0.6 is 11.3 Å². The summed E-state index contributed by atoms with van der Waals surface area (Å²) in [5.41, 5.74) is 2.51. The second-order valence-corrected chi connectivity index (χ2v) is 6.09. The van der Waals surface area contributed by atoms with Crippen LogP contribution in [0.25, 0.3) is 11.3 Å². The maximum Gasteiger partial charge on any atom is 0.407 e. The number of alkyl carbamates (subject to hydrolysis) is 1. The van der Waals surface area contributed by atoms with Crippen LogP contribution in [0.15, 0.2) is 29.2 Å². The van der Waals surface area contributed by atoms with Gasteiger partial charge in [0, 0.05) is 43.0 Å². The SMILES string of the molecule is O=C(NCc1nccnc1-c1ccsc1)OCCN1CCOCC1. The molecule has 1 aliphatic rings. The van der Waals surface area contributed by atoms with Gasteiger partial charge in [-0.25, -0.2) is 4.79 Å². The number of aromatic nitrogens is 2. The lowest BCUT2D eigenvalue weighted by Gasteiger charge is -2.26. The van der Waals surface area contributed by atoms with E-state index in [2.05, 4.69) is 20.2 Å². The predicted molar refractivity (Wildman–Crippen MR) is 90.8 cm³/mol. The molecule has 3 heterocycles. The molecule has 2 aromatic rings.